The highest BCUT2D eigenvalue weighted by Gasteiger charge is 2.21. The van der Waals surface area contributed by atoms with Gasteiger partial charge in [-0.1, -0.05) is 6.92 Å². The Hall–Kier alpha value is -0.620. The number of hydrogen-bond donors (Lipinski definition) is 2. The molecule has 1 saturated heterocycles. The van der Waals surface area contributed by atoms with Gasteiger partial charge in [0.25, 0.3) is 0 Å². The van der Waals surface area contributed by atoms with E-state index < -0.39 is 10.0 Å². The number of carbonyl (C=O) groups is 1. The lowest BCUT2D eigenvalue weighted by atomic mass is 10.2. The summed E-state index contributed by atoms with van der Waals surface area (Å²) in [5, 5.41) is 2.70. The summed E-state index contributed by atoms with van der Waals surface area (Å²) in [6.07, 6.45) is 1.82. The van der Waals surface area contributed by atoms with Crippen molar-refractivity contribution in [3.8, 4) is 0 Å². The van der Waals surface area contributed by atoms with Crippen LogP contribution in [0.4, 0.5) is 0 Å². The first-order chi connectivity index (χ1) is 6.53. The molecule has 1 aliphatic heterocycles. The molecule has 0 aromatic carbocycles. The van der Waals surface area contributed by atoms with Gasteiger partial charge in [-0.3, -0.25) is 4.79 Å². The second kappa shape index (κ2) is 4.75. The van der Waals surface area contributed by atoms with E-state index in [4.69, 9.17) is 0 Å². The third-order valence-corrected chi connectivity index (χ3v) is 3.66. The molecule has 1 heterocycles. The molecule has 1 aliphatic rings. The number of sulfonamides is 1. The molecule has 0 saturated carbocycles. The van der Waals surface area contributed by atoms with E-state index in [-0.39, 0.29) is 17.7 Å². The molecule has 0 aromatic heterocycles. The summed E-state index contributed by atoms with van der Waals surface area (Å²) < 4.78 is 25.0. The third kappa shape index (κ3) is 3.63. The van der Waals surface area contributed by atoms with Gasteiger partial charge in [0.2, 0.25) is 15.9 Å². The summed E-state index contributed by atoms with van der Waals surface area (Å²) in [4.78, 5) is 10.8. The van der Waals surface area contributed by atoms with E-state index in [2.05, 4.69) is 10.0 Å². The van der Waals surface area contributed by atoms with Crippen LogP contribution in [-0.4, -0.2) is 32.7 Å². The molecule has 0 radical (unpaired) electrons. The fourth-order valence-electron chi connectivity index (χ4n) is 1.40. The van der Waals surface area contributed by atoms with Crippen molar-refractivity contribution in [2.75, 3.05) is 12.3 Å². The maximum absolute atomic E-state index is 11.2. The van der Waals surface area contributed by atoms with Crippen molar-refractivity contribution in [3.05, 3.63) is 0 Å². The van der Waals surface area contributed by atoms with E-state index in [9.17, 15) is 13.2 Å². The SMILES string of the molecule is CCCS(=O)(=O)NCC1CCC(=O)N1. The molecule has 14 heavy (non-hydrogen) atoms. The van der Waals surface area contributed by atoms with Crippen LogP contribution in [-0.2, 0) is 14.8 Å². The zero-order chi connectivity index (χ0) is 10.6. The quantitative estimate of drug-likeness (QED) is 0.661. The maximum atomic E-state index is 11.2. The predicted octanol–water partition coefficient (Wildman–Crippen LogP) is -0.406. The van der Waals surface area contributed by atoms with Gasteiger partial charge in [0.15, 0.2) is 0 Å². The fraction of sp³-hybridized carbons (Fsp3) is 0.875. The van der Waals surface area contributed by atoms with Gasteiger partial charge in [-0.15, -0.1) is 0 Å². The van der Waals surface area contributed by atoms with E-state index in [1.165, 1.54) is 0 Å². The van der Waals surface area contributed by atoms with Crippen molar-refractivity contribution >= 4 is 15.9 Å². The molecule has 5 nitrogen and oxygen atoms in total. The van der Waals surface area contributed by atoms with Crippen LogP contribution >= 0.6 is 0 Å². The summed E-state index contributed by atoms with van der Waals surface area (Å²) in [5.41, 5.74) is 0. The molecule has 2 N–H and O–H groups in total. The first-order valence-electron chi connectivity index (χ1n) is 4.80. The second-order valence-electron chi connectivity index (χ2n) is 3.47. The van der Waals surface area contributed by atoms with Gasteiger partial charge in [0.05, 0.1) is 5.75 Å². The lowest BCUT2D eigenvalue weighted by Gasteiger charge is -2.10. The molecule has 1 amide bonds. The van der Waals surface area contributed by atoms with Gasteiger partial charge < -0.3 is 5.32 Å². The zero-order valence-electron chi connectivity index (χ0n) is 8.25. The van der Waals surface area contributed by atoms with Crippen LogP contribution in [0.2, 0.25) is 0 Å². The summed E-state index contributed by atoms with van der Waals surface area (Å²) in [6, 6.07) is -0.0332. The number of hydrogen-bond acceptors (Lipinski definition) is 3. The summed E-state index contributed by atoms with van der Waals surface area (Å²) in [6.45, 7) is 2.13. The predicted molar refractivity (Wildman–Crippen MR) is 53.2 cm³/mol. The van der Waals surface area contributed by atoms with Crippen molar-refractivity contribution in [1.82, 2.24) is 10.0 Å². The molecule has 0 aromatic rings. The monoisotopic (exact) mass is 220 g/mol. The summed E-state index contributed by atoms with van der Waals surface area (Å²) >= 11 is 0. The molecule has 0 bridgehead atoms. The standard InChI is InChI=1S/C8H16N2O3S/c1-2-5-14(12,13)9-6-7-3-4-8(11)10-7/h7,9H,2-6H2,1H3,(H,10,11). The lowest BCUT2D eigenvalue weighted by Crippen LogP contribution is -2.39. The van der Waals surface area contributed by atoms with E-state index in [0.29, 0.717) is 25.8 Å². The van der Waals surface area contributed by atoms with Crippen LogP contribution in [0.25, 0.3) is 0 Å². The Bertz CT molecular complexity index is 300. The van der Waals surface area contributed by atoms with Crippen molar-refractivity contribution < 1.29 is 13.2 Å². The van der Waals surface area contributed by atoms with Crippen molar-refractivity contribution in [1.29, 1.82) is 0 Å². The minimum absolute atomic E-state index is 0.00434. The van der Waals surface area contributed by atoms with Crippen LogP contribution in [0.5, 0.6) is 0 Å². The number of carbonyl (C=O) groups excluding carboxylic acids is 1. The Balaban J connectivity index is 2.30. The zero-order valence-corrected chi connectivity index (χ0v) is 9.06. The number of amides is 1. The molecule has 0 aliphatic carbocycles. The Kier molecular flexibility index (Phi) is 3.88. The first kappa shape index (κ1) is 11.5. The minimum atomic E-state index is -3.14. The molecular weight excluding hydrogens is 204 g/mol. The highest BCUT2D eigenvalue weighted by atomic mass is 32.2. The van der Waals surface area contributed by atoms with Crippen molar-refractivity contribution in [2.45, 2.75) is 32.2 Å². The van der Waals surface area contributed by atoms with Crippen LogP contribution in [0, 0.1) is 0 Å². The van der Waals surface area contributed by atoms with Gasteiger partial charge in [-0.05, 0) is 12.8 Å². The molecule has 1 fully saturated rings. The fourth-order valence-corrected chi connectivity index (χ4v) is 2.54. The smallest absolute Gasteiger partial charge is 0.220 e. The number of rotatable bonds is 5. The minimum Gasteiger partial charge on any atom is -0.352 e. The van der Waals surface area contributed by atoms with Crippen molar-refractivity contribution in [2.24, 2.45) is 0 Å². The molecule has 6 heteroatoms. The van der Waals surface area contributed by atoms with Gasteiger partial charge >= 0.3 is 0 Å². The van der Waals surface area contributed by atoms with Gasteiger partial charge in [0.1, 0.15) is 0 Å². The maximum Gasteiger partial charge on any atom is 0.220 e. The van der Waals surface area contributed by atoms with Crippen LogP contribution in [0.1, 0.15) is 26.2 Å². The normalized spacial score (nSPS) is 22.4. The van der Waals surface area contributed by atoms with Gasteiger partial charge in [-0.25, -0.2) is 13.1 Å². The van der Waals surface area contributed by atoms with Gasteiger partial charge in [-0.2, -0.15) is 0 Å². The van der Waals surface area contributed by atoms with E-state index in [0.717, 1.165) is 0 Å². The van der Waals surface area contributed by atoms with Crippen LogP contribution in [0.15, 0.2) is 0 Å². The topological polar surface area (TPSA) is 75.3 Å². The number of nitrogens with one attached hydrogen (secondary N) is 2. The highest BCUT2D eigenvalue weighted by Crippen LogP contribution is 2.05. The van der Waals surface area contributed by atoms with Gasteiger partial charge in [0, 0.05) is 19.0 Å². The summed E-state index contributed by atoms with van der Waals surface area (Å²) in [7, 11) is -3.14. The molecule has 82 valence electrons. The molecular formula is C8H16N2O3S. The Morgan fingerprint density at radius 2 is 2.29 bits per heavy atom. The van der Waals surface area contributed by atoms with Crippen molar-refractivity contribution in [3.63, 3.8) is 0 Å². The Morgan fingerprint density at radius 1 is 1.57 bits per heavy atom. The lowest BCUT2D eigenvalue weighted by molar-refractivity contribution is -0.119. The highest BCUT2D eigenvalue weighted by molar-refractivity contribution is 7.89. The molecule has 1 atom stereocenters. The largest absolute Gasteiger partial charge is 0.352 e. The van der Waals surface area contributed by atoms with Crippen LogP contribution < -0.4 is 10.0 Å². The average molecular weight is 220 g/mol. The van der Waals surface area contributed by atoms with Crippen LogP contribution in [0.3, 0.4) is 0 Å². The second-order valence-corrected chi connectivity index (χ2v) is 5.40. The van der Waals surface area contributed by atoms with E-state index in [1.54, 1.807) is 0 Å². The first-order valence-corrected chi connectivity index (χ1v) is 6.45. The van der Waals surface area contributed by atoms with E-state index >= 15 is 0 Å². The third-order valence-electron chi connectivity index (χ3n) is 2.11. The summed E-state index contributed by atoms with van der Waals surface area (Å²) in [5.74, 6) is 0.151. The average Bonchev–Trinajstić information content (AvgIpc) is 2.48. The molecule has 1 unspecified atom stereocenters. The Labute approximate surface area is 84.3 Å². The molecule has 1 rings (SSSR count). The Morgan fingerprint density at radius 3 is 2.79 bits per heavy atom. The molecule has 0 spiro atoms. The van der Waals surface area contributed by atoms with E-state index in [1.807, 2.05) is 6.92 Å².